The molecule has 0 bridgehead atoms. The molecule has 2 N–H and O–H groups in total. The minimum atomic E-state index is -0.294. The second-order valence-electron chi connectivity index (χ2n) is 5.40. The molecule has 20 heavy (non-hydrogen) atoms. The smallest absolute Gasteiger partial charge is 0.264 e. The number of carbonyl (C=O) groups excluding carboxylic acids is 2. The first-order valence-electron chi connectivity index (χ1n) is 7.08. The molecule has 0 spiro atoms. The maximum atomic E-state index is 12.4. The van der Waals surface area contributed by atoms with Crippen LogP contribution in [0, 0.1) is 5.92 Å². The molecule has 0 aromatic carbocycles. The van der Waals surface area contributed by atoms with Gasteiger partial charge in [-0.05, 0) is 24.3 Å². The van der Waals surface area contributed by atoms with Gasteiger partial charge in [0, 0.05) is 32.1 Å². The second kappa shape index (κ2) is 5.93. The molecule has 2 aliphatic rings. The highest BCUT2D eigenvalue weighted by Crippen LogP contribution is 2.22. The molecular weight excluding hydrogens is 274 g/mol. The van der Waals surface area contributed by atoms with Gasteiger partial charge in [-0.1, -0.05) is 6.07 Å². The number of likely N-dealkylation sites (tertiary alicyclic amines) is 1. The number of thiophene rings is 1. The average molecular weight is 293 g/mol. The van der Waals surface area contributed by atoms with Crippen molar-refractivity contribution >= 4 is 23.2 Å². The van der Waals surface area contributed by atoms with Gasteiger partial charge in [0.2, 0.25) is 5.91 Å². The van der Waals surface area contributed by atoms with E-state index in [0.29, 0.717) is 23.9 Å². The quantitative estimate of drug-likeness (QED) is 0.858. The Morgan fingerprint density at radius 2 is 2.30 bits per heavy atom. The molecule has 6 heteroatoms. The zero-order valence-corrected chi connectivity index (χ0v) is 12.1. The number of nitrogens with one attached hydrogen (secondary N) is 2. The molecule has 0 radical (unpaired) electrons. The summed E-state index contributed by atoms with van der Waals surface area (Å²) in [6, 6.07) is 3.39. The van der Waals surface area contributed by atoms with Gasteiger partial charge >= 0.3 is 0 Å². The Hall–Kier alpha value is -1.40. The standard InChI is InChI=1S/C14H19N3O2S/c18-13(16-9-10-7-15-8-10)11-3-1-5-17(11)14(19)12-4-2-6-20-12/h2,4,6,10-11,15H,1,3,5,7-9H2,(H,16,18). The molecule has 5 nitrogen and oxygen atoms in total. The van der Waals surface area contributed by atoms with Crippen LogP contribution in [-0.4, -0.2) is 48.9 Å². The van der Waals surface area contributed by atoms with Crippen molar-refractivity contribution in [3.63, 3.8) is 0 Å². The van der Waals surface area contributed by atoms with Crippen molar-refractivity contribution in [1.29, 1.82) is 0 Å². The normalized spacial score (nSPS) is 22.6. The summed E-state index contributed by atoms with van der Waals surface area (Å²) in [5.74, 6) is 0.532. The first kappa shape index (κ1) is 13.6. The van der Waals surface area contributed by atoms with E-state index in [-0.39, 0.29) is 17.9 Å². The molecule has 1 unspecified atom stereocenters. The van der Waals surface area contributed by atoms with Crippen molar-refractivity contribution in [3.05, 3.63) is 22.4 Å². The average Bonchev–Trinajstić information content (AvgIpc) is 3.07. The predicted molar refractivity (Wildman–Crippen MR) is 77.7 cm³/mol. The lowest BCUT2D eigenvalue weighted by Crippen LogP contribution is -2.51. The van der Waals surface area contributed by atoms with Crippen LogP contribution in [0.1, 0.15) is 22.5 Å². The van der Waals surface area contributed by atoms with E-state index >= 15 is 0 Å². The number of amides is 2. The molecule has 1 aromatic heterocycles. The Labute approximate surface area is 122 Å². The zero-order valence-electron chi connectivity index (χ0n) is 11.3. The largest absolute Gasteiger partial charge is 0.354 e. The van der Waals surface area contributed by atoms with Crippen LogP contribution in [-0.2, 0) is 4.79 Å². The van der Waals surface area contributed by atoms with Crippen LogP contribution < -0.4 is 10.6 Å². The van der Waals surface area contributed by atoms with Gasteiger partial charge in [-0.2, -0.15) is 0 Å². The molecule has 108 valence electrons. The van der Waals surface area contributed by atoms with E-state index in [9.17, 15) is 9.59 Å². The Balaban J connectivity index is 1.59. The van der Waals surface area contributed by atoms with Gasteiger partial charge in [-0.3, -0.25) is 9.59 Å². The van der Waals surface area contributed by atoms with Gasteiger partial charge in [0.05, 0.1) is 4.88 Å². The summed E-state index contributed by atoms with van der Waals surface area (Å²) in [6.07, 6.45) is 1.67. The highest BCUT2D eigenvalue weighted by molar-refractivity contribution is 7.12. The molecular formula is C14H19N3O2S. The summed E-state index contributed by atoms with van der Waals surface area (Å²) in [5.41, 5.74) is 0. The summed E-state index contributed by atoms with van der Waals surface area (Å²) in [7, 11) is 0. The number of nitrogens with zero attached hydrogens (tertiary/aromatic N) is 1. The van der Waals surface area contributed by atoms with Crippen molar-refractivity contribution in [3.8, 4) is 0 Å². The fourth-order valence-electron chi connectivity index (χ4n) is 2.68. The molecule has 3 heterocycles. The van der Waals surface area contributed by atoms with Crippen LogP contribution in [0.4, 0.5) is 0 Å². The maximum Gasteiger partial charge on any atom is 0.264 e. The molecule has 2 fully saturated rings. The second-order valence-corrected chi connectivity index (χ2v) is 6.35. The van der Waals surface area contributed by atoms with E-state index < -0.39 is 0 Å². The fourth-order valence-corrected chi connectivity index (χ4v) is 3.36. The fraction of sp³-hybridized carbons (Fsp3) is 0.571. The summed E-state index contributed by atoms with van der Waals surface area (Å²) < 4.78 is 0. The van der Waals surface area contributed by atoms with Crippen molar-refractivity contribution in [2.24, 2.45) is 5.92 Å². The van der Waals surface area contributed by atoms with E-state index in [4.69, 9.17) is 0 Å². The van der Waals surface area contributed by atoms with Crippen LogP contribution in [0.25, 0.3) is 0 Å². The van der Waals surface area contributed by atoms with Gasteiger partial charge in [-0.15, -0.1) is 11.3 Å². The van der Waals surface area contributed by atoms with Crippen LogP contribution >= 0.6 is 11.3 Å². The van der Waals surface area contributed by atoms with E-state index in [0.717, 1.165) is 25.9 Å². The Kier molecular flexibility index (Phi) is 4.03. The minimum absolute atomic E-state index is 0.000642. The van der Waals surface area contributed by atoms with E-state index in [1.807, 2.05) is 17.5 Å². The molecule has 0 aliphatic carbocycles. The predicted octanol–water partition coefficient (Wildman–Crippen LogP) is 0.688. The lowest BCUT2D eigenvalue weighted by atomic mass is 10.0. The van der Waals surface area contributed by atoms with Crippen LogP contribution in [0.15, 0.2) is 17.5 Å². The highest BCUT2D eigenvalue weighted by atomic mass is 32.1. The Morgan fingerprint density at radius 3 is 2.95 bits per heavy atom. The molecule has 1 aromatic rings. The van der Waals surface area contributed by atoms with Gasteiger partial charge in [-0.25, -0.2) is 0 Å². The van der Waals surface area contributed by atoms with E-state index in [2.05, 4.69) is 10.6 Å². The lowest BCUT2D eigenvalue weighted by Gasteiger charge is -2.29. The number of rotatable bonds is 4. The third kappa shape index (κ3) is 2.71. The topological polar surface area (TPSA) is 61.4 Å². The summed E-state index contributed by atoms with van der Waals surface area (Å²) in [5, 5.41) is 8.06. The zero-order chi connectivity index (χ0) is 13.9. The third-order valence-corrected chi connectivity index (χ3v) is 4.84. The summed E-state index contributed by atoms with van der Waals surface area (Å²) in [4.78, 5) is 27.1. The Bertz CT molecular complexity index is 485. The van der Waals surface area contributed by atoms with Crippen LogP contribution in [0.2, 0.25) is 0 Å². The van der Waals surface area contributed by atoms with Gasteiger partial charge in [0.15, 0.2) is 0 Å². The number of hydrogen-bond acceptors (Lipinski definition) is 4. The van der Waals surface area contributed by atoms with Crippen LogP contribution in [0.5, 0.6) is 0 Å². The van der Waals surface area contributed by atoms with Gasteiger partial charge in [0.25, 0.3) is 5.91 Å². The summed E-state index contributed by atoms with van der Waals surface area (Å²) >= 11 is 1.43. The lowest BCUT2D eigenvalue weighted by molar-refractivity contribution is -0.125. The number of carbonyl (C=O) groups is 2. The van der Waals surface area contributed by atoms with E-state index in [1.54, 1.807) is 4.90 Å². The SMILES string of the molecule is O=C(NCC1CNC1)C1CCCN1C(=O)c1cccs1. The van der Waals surface area contributed by atoms with Crippen LogP contribution in [0.3, 0.4) is 0 Å². The van der Waals surface area contributed by atoms with Crippen molar-refractivity contribution < 1.29 is 9.59 Å². The molecule has 0 saturated carbocycles. The maximum absolute atomic E-state index is 12.4. The third-order valence-electron chi connectivity index (χ3n) is 3.98. The summed E-state index contributed by atoms with van der Waals surface area (Å²) in [6.45, 7) is 3.34. The van der Waals surface area contributed by atoms with Gasteiger partial charge < -0.3 is 15.5 Å². The van der Waals surface area contributed by atoms with Gasteiger partial charge in [0.1, 0.15) is 6.04 Å². The number of hydrogen-bond donors (Lipinski definition) is 2. The highest BCUT2D eigenvalue weighted by Gasteiger charge is 2.35. The molecule has 2 amide bonds. The first-order chi connectivity index (χ1) is 9.75. The molecule has 1 atom stereocenters. The van der Waals surface area contributed by atoms with Crippen molar-refractivity contribution in [1.82, 2.24) is 15.5 Å². The molecule has 3 rings (SSSR count). The first-order valence-corrected chi connectivity index (χ1v) is 7.96. The molecule has 2 saturated heterocycles. The minimum Gasteiger partial charge on any atom is -0.354 e. The molecule has 2 aliphatic heterocycles. The van der Waals surface area contributed by atoms with Crippen molar-refractivity contribution in [2.45, 2.75) is 18.9 Å². The monoisotopic (exact) mass is 293 g/mol. The Morgan fingerprint density at radius 1 is 1.45 bits per heavy atom. The van der Waals surface area contributed by atoms with Crippen molar-refractivity contribution in [2.75, 3.05) is 26.2 Å². The van der Waals surface area contributed by atoms with E-state index in [1.165, 1.54) is 11.3 Å².